The van der Waals surface area contributed by atoms with Gasteiger partial charge in [-0.25, -0.2) is 4.98 Å². The molecule has 2 aromatic heterocycles. The molecule has 4 aromatic rings. The molecule has 28 heavy (non-hydrogen) atoms. The number of hydrogen-bond acceptors (Lipinski definition) is 5. The Balaban J connectivity index is 1.47. The summed E-state index contributed by atoms with van der Waals surface area (Å²) in [7, 11) is 1.53. The fraction of sp³-hybridized carbons (Fsp3) is 0.0952. The van der Waals surface area contributed by atoms with Gasteiger partial charge in [-0.15, -0.1) is 5.10 Å². The number of carbonyl (C=O) groups excluding carboxylic acids is 1. The molecule has 0 aliphatic heterocycles. The Bertz CT molecular complexity index is 1110. The topological polar surface area (TPSA) is 89.1 Å². The summed E-state index contributed by atoms with van der Waals surface area (Å²) in [5.74, 6) is 0.797. The molecule has 0 radical (unpaired) electrons. The zero-order valence-electron chi connectivity index (χ0n) is 15.2. The van der Waals surface area contributed by atoms with Crippen molar-refractivity contribution < 1.29 is 14.3 Å². The molecule has 2 heterocycles. The van der Waals surface area contributed by atoms with Gasteiger partial charge in [0.05, 0.1) is 24.4 Å². The first kappa shape index (κ1) is 17.5. The van der Waals surface area contributed by atoms with E-state index in [1.54, 1.807) is 30.5 Å². The third-order valence-corrected chi connectivity index (χ3v) is 4.18. The third kappa shape index (κ3) is 3.78. The van der Waals surface area contributed by atoms with Crippen LogP contribution in [0.1, 0.15) is 15.9 Å². The van der Waals surface area contributed by atoms with Gasteiger partial charge in [0.25, 0.3) is 5.91 Å². The Morgan fingerprint density at radius 1 is 1.11 bits per heavy atom. The number of carbonyl (C=O) groups is 1. The zero-order chi connectivity index (χ0) is 19.3. The van der Waals surface area contributed by atoms with E-state index in [1.807, 2.05) is 36.4 Å². The second-order valence-corrected chi connectivity index (χ2v) is 6.11. The zero-order valence-corrected chi connectivity index (χ0v) is 15.2. The lowest BCUT2D eigenvalue weighted by Crippen LogP contribution is -2.12. The third-order valence-electron chi connectivity index (χ3n) is 4.18. The van der Waals surface area contributed by atoms with Crippen molar-refractivity contribution >= 4 is 22.6 Å². The molecule has 0 bridgehead atoms. The lowest BCUT2D eigenvalue weighted by molar-refractivity contribution is 0.102. The standard InChI is InChI=1S/C21H18N4O3/c1-27-21-18-11-16(12-22-19(18)24-25-21)23-20(26)15-8-5-9-17(10-15)28-13-14-6-3-2-4-7-14/h2-12H,13H2,1H3,(H,23,26)(H,22,24,25). The number of nitrogens with zero attached hydrogens (tertiary/aromatic N) is 2. The smallest absolute Gasteiger partial charge is 0.255 e. The van der Waals surface area contributed by atoms with Gasteiger partial charge in [-0.05, 0) is 29.8 Å². The van der Waals surface area contributed by atoms with Gasteiger partial charge in [-0.3, -0.25) is 9.89 Å². The van der Waals surface area contributed by atoms with Crippen LogP contribution >= 0.6 is 0 Å². The minimum atomic E-state index is -0.256. The molecule has 0 saturated heterocycles. The number of fused-ring (bicyclic) bond motifs is 1. The van der Waals surface area contributed by atoms with E-state index >= 15 is 0 Å². The van der Waals surface area contributed by atoms with Crippen molar-refractivity contribution in [3.8, 4) is 11.6 Å². The fourth-order valence-corrected chi connectivity index (χ4v) is 2.78. The van der Waals surface area contributed by atoms with Crippen LogP contribution in [0.15, 0.2) is 66.9 Å². The maximum atomic E-state index is 12.6. The summed E-state index contributed by atoms with van der Waals surface area (Å²) >= 11 is 0. The van der Waals surface area contributed by atoms with Gasteiger partial charge in [0, 0.05) is 5.56 Å². The molecule has 0 saturated carbocycles. The number of pyridine rings is 1. The van der Waals surface area contributed by atoms with Gasteiger partial charge >= 0.3 is 0 Å². The molecule has 4 rings (SSSR count). The number of amides is 1. The second kappa shape index (κ2) is 7.79. The van der Waals surface area contributed by atoms with Crippen molar-refractivity contribution in [2.24, 2.45) is 0 Å². The number of hydrogen-bond donors (Lipinski definition) is 2. The summed E-state index contributed by atoms with van der Waals surface area (Å²) in [4.78, 5) is 16.9. The van der Waals surface area contributed by atoms with Crippen LogP contribution in [-0.2, 0) is 6.61 Å². The lowest BCUT2D eigenvalue weighted by Gasteiger charge is -2.09. The number of anilines is 1. The summed E-state index contributed by atoms with van der Waals surface area (Å²) in [5.41, 5.74) is 2.69. The predicted molar refractivity (Wildman–Crippen MR) is 106 cm³/mol. The van der Waals surface area contributed by atoms with Crippen molar-refractivity contribution in [3.63, 3.8) is 0 Å². The molecule has 7 nitrogen and oxygen atoms in total. The minimum Gasteiger partial charge on any atom is -0.489 e. The molecule has 0 aliphatic rings. The number of nitrogens with one attached hydrogen (secondary N) is 2. The van der Waals surface area contributed by atoms with E-state index in [0.717, 1.165) is 5.56 Å². The van der Waals surface area contributed by atoms with E-state index in [2.05, 4.69) is 20.5 Å². The highest BCUT2D eigenvalue weighted by atomic mass is 16.5. The lowest BCUT2D eigenvalue weighted by atomic mass is 10.2. The Morgan fingerprint density at radius 3 is 2.79 bits per heavy atom. The normalized spacial score (nSPS) is 10.6. The Morgan fingerprint density at radius 2 is 1.96 bits per heavy atom. The number of aromatic amines is 1. The highest BCUT2D eigenvalue weighted by molar-refractivity contribution is 6.05. The summed E-state index contributed by atoms with van der Waals surface area (Å²) in [6.07, 6.45) is 1.56. The van der Waals surface area contributed by atoms with Crippen LogP contribution in [0.25, 0.3) is 11.0 Å². The van der Waals surface area contributed by atoms with Gasteiger partial charge in [-0.2, -0.15) is 0 Å². The Labute approximate surface area is 161 Å². The largest absolute Gasteiger partial charge is 0.489 e. The van der Waals surface area contributed by atoms with Gasteiger partial charge in [0.15, 0.2) is 5.65 Å². The molecule has 140 valence electrons. The first-order valence-electron chi connectivity index (χ1n) is 8.69. The first-order chi connectivity index (χ1) is 13.7. The average Bonchev–Trinajstić information content (AvgIpc) is 3.15. The molecule has 2 aromatic carbocycles. The van der Waals surface area contributed by atoms with Crippen LogP contribution in [0.2, 0.25) is 0 Å². The molecule has 0 unspecified atom stereocenters. The number of aromatic nitrogens is 3. The van der Waals surface area contributed by atoms with Crippen LogP contribution in [0, 0.1) is 0 Å². The van der Waals surface area contributed by atoms with Crippen molar-refractivity contribution in [3.05, 3.63) is 78.0 Å². The maximum Gasteiger partial charge on any atom is 0.255 e. The van der Waals surface area contributed by atoms with E-state index in [4.69, 9.17) is 9.47 Å². The van der Waals surface area contributed by atoms with Crippen molar-refractivity contribution in [1.82, 2.24) is 15.2 Å². The van der Waals surface area contributed by atoms with Crippen molar-refractivity contribution in [2.75, 3.05) is 12.4 Å². The number of ether oxygens (including phenoxy) is 2. The highest BCUT2D eigenvalue weighted by Crippen LogP contribution is 2.24. The number of benzene rings is 2. The van der Waals surface area contributed by atoms with Crippen LogP contribution in [-0.4, -0.2) is 28.2 Å². The fourth-order valence-electron chi connectivity index (χ4n) is 2.78. The quantitative estimate of drug-likeness (QED) is 0.536. The van der Waals surface area contributed by atoms with Gasteiger partial charge in [0.2, 0.25) is 5.88 Å². The molecule has 1 amide bonds. The van der Waals surface area contributed by atoms with Crippen molar-refractivity contribution in [2.45, 2.75) is 6.61 Å². The Hall–Kier alpha value is -3.87. The summed E-state index contributed by atoms with van der Waals surface area (Å²) in [6, 6.07) is 18.7. The van der Waals surface area contributed by atoms with Gasteiger partial charge < -0.3 is 14.8 Å². The molecular weight excluding hydrogens is 356 g/mol. The summed E-state index contributed by atoms with van der Waals surface area (Å²) in [6.45, 7) is 0.437. The van der Waals surface area contributed by atoms with E-state index < -0.39 is 0 Å². The average molecular weight is 374 g/mol. The van der Waals surface area contributed by atoms with Crippen LogP contribution in [0.3, 0.4) is 0 Å². The van der Waals surface area contributed by atoms with E-state index in [-0.39, 0.29) is 5.91 Å². The molecule has 0 spiro atoms. The van der Waals surface area contributed by atoms with Gasteiger partial charge in [-0.1, -0.05) is 36.4 Å². The minimum absolute atomic E-state index is 0.256. The van der Waals surface area contributed by atoms with Crippen LogP contribution < -0.4 is 14.8 Å². The maximum absolute atomic E-state index is 12.6. The molecule has 0 fully saturated rings. The number of H-pyrrole nitrogens is 1. The summed E-state index contributed by atoms with van der Waals surface area (Å²) in [5, 5.41) is 10.3. The second-order valence-electron chi connectivity index (χ2n) is 6.11. The molecular formula is C21H18N4O3. The monoisotopic (exact) mass is 374 g/mol. The summed E-state index contributed by atoms with van der Waals surface area (Å²) < 4.78 is 11.0. The highest BCUT2D eigenvalue weighted by Gasteiger charge is 2.11. The van der Waals surface area contributed by atoms with Gasteiger partial charge in [0.1, 0.15) is 12.4 Å². The van der Waals surface area contributed by atoms with E-state index in [9.17, 15) is 4.79 Å². The first-order valence-corrected chi connectivity index (χ1v) is 8.69. The molecule has 7 heteroatoms. The van der Waals surface area contributed by atoms with E-state index in [0.29, 0.717) is 40.5 Å². The van der Waals surface area contributed by atoms with Crippen LogP contribution in [0.4, 0.5) is 5.69 Å². The SMILES string of the molecule is COc1n[nH]c2ncc(NC(=O)c3cccc(OCc4ccccc4)c3)cc12. The predicted octanol–water partition coefficient (Wildman–Crippen LogP) is 3.80. The number of rotatable bonds is 6. The van der Waals surface area contributed by atoms with Crippen molar-refractivity contribution in [1.29, 1.82) is 0 Å². The van der Waals surface area contributed by atoms with E-state index in [1.165, 1.54) is 7.11 Å². The number of methoxy groups -OCH3 is 1. The Kier molecular flexibility index (Phi) is 4.88. The molecule has 0 aliphatic carbocycles. The van der Waals surface area contributed by atoms with Crippen LogP contribution in [0.5, 0.6) is 11.6 Å². The molecule has 2 N–H and O–H groups in total. The molecule has 0 atom stereocenters.